The third-order valence-corrected chi connectivity index (χ3v) is 0. The maximum absolute atomic E-state index is 0. The van der Waals surface area contributed by atoms with Gasteiger partial charge in [-0.3, -0.25) is 0 Å². The molecule has 0 aliphatic carbocycles. The van der Waals surface area contributed by atoms with Crippen LogP contribution in [-0.4, -0.2) is 475 Å². The minimum absolute atomic E-state index is 0. The summed E-state index contributed by atoms with van der Waals surface area (Å²) in [5, 5.41) is 0. The van der Waals surface area contributed by atoms with Gasteiger partial charge >= 0.3 is 123 Å². The number of hydrogen-bond donors (Lipinski definition) is 0. The predicted molar refractivity (Wildman–Crippen MR) is 165 cm³/mol. The Morgan fingerprint density at radius 2 is 0.0741 bits per heavy atom. The Kier molecular flexibility index (Phi) is 3530. The molecule has 101 radical (unpaired) electrons. The zero-order chi connectivity index (χ0) is 0. The third kappa shape index (κ3) is 283. The largest absolute Gasteiger partial charge is 0 e. The van der Waals surface area contributed by atoms with E-state index in [2.05, 4.69) is 0 Å². The Balaban J connectivity index is 0. The van der Waals surface area contributed by atoms with Crippen molar-refractivity contribution in [2.45, 2.75) is 0 Å². The summed E-state index contributed by atoms with van der Waals surface area (Å²) in [6, 6.07) is 0. The summed E-state index contributed by atoms with van der Waals surface area (Å²) in [5.41, 5.74) is 0. The Hall–Kier alpha value is 14.7. The van der Waals surface area contributed by atoms with E-state index in [1.807, 2.05) is 0 Å². The second-order valence-corrected chi connectivity index (χ2v) is 0. The first-order valence-corrected chi connectivity index (χ1v) is 0. The molecule has 0 atom stereocenters. The van der Waals surface area contributed by atoms with Crippen LogP contribution in [0.2, 0.25) is 0 Å². The third-order valence-electron chi connectivity index (χ3n) is 0. The number of rotatable bonds is 0. The smallest absolute Gasteiger partial charge is 0 e. The van der Waals surface area contributed by atoms with Crippen molar-refractivity contribution in [1.29, 1.82) is 0 Å². The molecule has 0 rings (SSSR count). The molecule has 0 aromatic heterocycles. The molecule has 27 heteroatoms. The van der Waals surface area contributed by atoms with Crippen LogP contribution in [-0.2, 0) is 0 Å². The van der Waals surface area contributed by atoms with Crippen molar-refractivity contribution in [2.75, 3.05) is 0 Å². The average molecular weight is 1970 g/mol. The first-order chi connectivity index (χ1) is 0. The fraction of sp³-hybridized carbons (Fsp3) is 0. The minimum atomic E-state index is 0. The van der Waals surface area contributed by atoms with Crippen LogP contribution in [0, 0.1) is 0 Å². The summed E-state index contributed by atoms with van der Waals surface area (Å²) in [4.78, 5) is 0. The van der Waals surface area contributed by atoms with Gasteiger partial charge in [0.1, 0.15) is 0 Å². The summed E-state index contributed by atoms with van der Waals surface area (Å²) >= 11 is 0. The van der Waals surface area contributed by atoms with Gasteiger partial charge in [-0.1, -0.05) is 0 Å². The molecule has 0 saturated carbocycles. The van der Waals surface area contributed by atoms with E-state index in [4.69, 9.17) is 0 Å². The molecule has 0 aliphatic rings. The van der Waals surface area contributed by atoms with Crippen LogP contribution in [0.25, 0.3) is 0 Å². The minimum Gasteiger partial charge on any atom is 0 e. The van der Waals surface area contributed by atoms with Crippen molar-refractivity contribution < 1.29 is 0 Å². The predicted octanol–water partition coefficient (Wildman–Crippen LogP) is -12.2. The van der Waals surface area contributed by atoms with E-state index >= 15 is 0 Å². The molecule has 0 amide bonds. The van der Waals surface area contributed by atoms with Gasteiger partial charge in [0.2, 0.25) is 0 Å². The molecule has 0 bridgehead atoms. The summed E-state index contributed by atoms with van der Waals surface area (Å²) in [5.74, 6) is 0. The normalized spacial score (nSPS) is 0. The van der Waals surface area contributed by atoms with Crippen LogP contribution in [0.5, 0.6) is 0 Å². The van der Waals surface area contributed by atoms with E-state index in [1.54, 1.807) is 0 Å². The SMILES string of the molecule is [GeH].[GeH].[GeH].[GeH].[GeH].[GeH].[GeH].[Ge].[Ge].[Ge].[Ge].[Ge].[Ge].[Ge].[Ge].[Ge].[Ge].[Ge].[Ge].[Ge].[Ge].[Ge].[Ge].[Ge].[Ge].[Ge].[Ge]. The maximum Gasteiger partial charge on any atom is 0 e. The van der Waals surface area contributed by atoms with E-state index in [1.165, 1.54) is 0 Å². The van der Waals surface area contributed by atoms with Crippen molar-refractivity contribution in [1.82, 2.24) is 0 Å². The van der Waals surface area contributed by atoms with Gasteiger partial charge in [-0.2, -0.15) is 0 Å². The molecule has 0 fully saturated rings. The Labute approximate surface area is 463 Å². The van der Waals surface area contributed by atoms with Gasteiger partial charge < -0.3 is 0 Å². The van der Waals surface area contributed by atoms with Crippen molar-refractivity contribution in [3.63, 3.8) is 0 Å². The summed E-state index contributed by atoms with van der Waals surface area (Å²) < 4.78 is 0. The van der Waals surface area contributed by atoms with E-state index in [-0.39, 0.29) is 475 Å². The molecule has 27 heavy (non-hydrogen) atoms. The molecule has 0 aliphatic heterocycles. The van der Waals surface area contributed by atoms with Crippen LogP contribution < -0.4 is 0 Å². The summed E-state index contributed by atoms with van der Waals surface area (Å²) in [6.45, 7) is 0. The van der Waals surface area contributed by atoms with Crippen LogP contribution in [0.3, 0.4) is 0 Å². The summed E-state index contributed by atoms with van der Waals surface area (Å²) in [7, 11) is 0. The Morgan fingerprint density at radius 3 is 0.0741 bits per heavy atom. The van der Waals surface area contributed by atoms with Crippen molar-refractivity contribution in [2.24, 2.45) is 0 Å². The fourth-order valence-electron chi connectivity index (χ4n) is 0. The van der Waals surface area contributed by atoms with Crippen LogP contribution in [0.15, 0.2) is 0 Å². The topological polar surface area (TPSA) is 0 Å². The quantitative estimate of drug-likeness (QED) is 0.212. The Bertz CT molecular complexity index is 0. The zero-order valence-electron chi connectivity index (χ0n) is 14.0. The Morgan fingerprint density at radius 1 is 0.0741 bits per heavy atom. The van der Waals surface area contributed by atoms with Crippen molar-refractivity contribution in [3.8, 4) is 0 Å². The molecule has 0 heterocycles. The van der Waals surface area contributed by atoms with Crippen LogP contribution >= 0.6 is 0 Å². The first kappa shape index (κ1) is 321. The van der Waals surface area contributed by atoms with Gasteiger partial charge in [0.15, 0.2) is 0 Å². The molecular formula is H7Ge27. The van der Waals surface area contributed by atoms with Crippen LogP contribution in [0.4, 0.5) is 0 Å². The molecule has 115 valence electrons. The second kappa shape index (κ2) is 298. The van der Waals surface area contributed by atoms with Gasteiger partial charge in [0.25, 0.3) is 0 Å². The monoisotopic (exact) mass is 2000 g/mol. The fourth-order valence-corrected chi connectivity index (χ4v) is 0. The van der Waals surface area contributed by atoms with Gasteiger partial charge in [-0.25, -0.2) is 0 Å². The van der Waals surface area contributed by atoms with Gasteiger partial charge in [-0.15, -0.1) is 0 Å². The van der Waals surface area contributed by atoms with Gasteiger partial charge in [0, 0.05) is 352 Å². The van der Waals surface area contributed by atoms with Crippen molar-refractivity contribution in [3.05, 3.63) is 0 Å². The maximum atomic E-state index is 0. The molecule has 0 unspecified atom stereocenters. The molecule has 0 saturated heterocycles. The molecule has 0 aromatic carbocycles. The van der Waals surface area contributed by atoms with Gasteiger partial charge in [-0.05, 0) is 0 Å². The molecule has 0 spiro atoms. The van der Waals surface area contributed by atoms with E-state index in [0.29, 0.717) is 0 Å². The van der Waals surface area contributed by atoms with E-state index in [9.17, 15) is 0 Å². The first-order valence-electron chi connectivity index (χ1n) is 0. The average Bonchev–Trinajstić information content (AvgIpc) is 0. The van der Waals surface area contributed by atoms with Gasteiger partial charge in [0.05, 0.1) is 0 Å². The van der Waals surface area contributed by atoms with Crippen LogP contribution in [0.1, 0.15) is 0 Å². The number of hydrogen-bond acceptors (Lipinski definition) is 0. The second-order valence-electron chi connectivity index (χ2n) is 0. The molecule has 0 N–H and O–H groups in total. The zero-order valence-corrected chi connectivity index (χ0v) is 73.0. The standard InChI is InChI=1S/7GeH.20Ge/h7*1H;;;;;;;;;;;;;;;;;;;;. The molecule has 0 aromatic rings. The van der Waals surface area contributed by atoms with E-state index in [0.717, 1.165) is 0 Å². The molecule has 0 nitrogen and oxygen atoms in total. The molecular weight excluding hydrogens is 1960 g/mol. The van der Waals surface area contributed by atoms with Crippen molar-refractivity contribution >= 4 is 475 Å². The van der Waals surface area contributed by atoms with E-state index < -0.39 is 0 Å². The summed E-state index contributed by atoms with van der Waals surface area (Å²) in [6.07, 6.45) is 0.